The van der Waals surface area contributed by atoms with Gasteiger partial charge in [0.1, 0.15) is 13.2 Å². The highest BCUT2D eigenvalue weighted by Crippen LogP contribution is 2.16. The Morgan fingerprint density at radius 3 is 0.885 bits per heavy atom. The van der Waals surface area contributed by atoms with Crippen molar-refractivity contribution in [1.82, 2.24) is 0 Å². The van der Waals surface area contributed by atoms with Crippen molar-refractivity contribution in [3.8, 4) is 0 Å². The largest absolute Gasteiger partial charge is 0.462 e. The van der Waals surface area contributed by atoms with E-state index in [2.05, 4.69) is 45.1 Å². The van der Waals surface area contributed by atoms with Crippen LogP contribution in [0.5, 0.6) is 0 Å². The van der Waals surface area contributed by atoms with Crippen LogP contribution in [0.15, 0.2) is 24.3 Å². The van der Waals surface area contributed by atoms with Crippen LogP contribution in [-0.2, 0) is 28.6 Å². The van der Waals surface area contributed by atoms with E-state index >= 15 is 0 Å². The van der Waals surface area contributed by atoms with Crippen LogP contribution in [0.1, 0.15) is 290 Å². The summed E-state index contributed by atoms with van der Waals surface area (Å²) >= 11 is 0. The van der Waals surface area contributed by atoms with Crippen molar-refractivity contribution in [3.05, 3.63) is 24.3 Å². The molecule has 6 heteroatoms. The second-order valence-electron chi connectivity index (χ2n) is 18.2. The second-order valence-corrected chi connectivity index (χ2v) is 18.2. The Balaban J connectivity index is 4.36. The molecule has 0 aromatic heterocycles. The number of rotatable bonds is 49. The maximum atomic E-state index is 12.8. The highest BCUT2D eigenvalue weighted by Gasteiger charge is 2.19. The molecule has 0 fully saturated rings. The highest BCUT2D eigenvalue weighted by atomic mass is 16.6. The van der Waals surface area contributed by atoms with Gasteiger partial charge in [-0.3, -0.25) is 14.4 Å². The van der Waals surface area contributed by atoms with Crippen molar-refractivity contribution in [3.63, 3.8) is 0 Å². The summed E-state index contributed by atoms with van der Waals surface area (Å²) in [4.78, 5) is 38.0. The van der Waals surface area contributed by atoms with Crippen molar-refractivity contribution < 1.29 is 28.6 Å². The maximum absolute atomic E-state index is 12.8. The highest BCUT2D eigenvalue weighted by molar-refractivity contribution is 5.71. The molecule has 0 heterocycles. The van der Waals surface area contributed by atoms with Crippen LogP contribution in [0.4, 0.5) is 0 Å². The third-order valence-corrected chi connectivity index (χ3v) is 12.0. The van der Waals surface area contributed by atoms with Crippen LogP contribution in [-0.4, -0.2) is 37.2 Å². The molecular formula is C55H102O6. The number of hydrogen-bond donors (Lipinski definition) is 0. The fourth-order valence-electron chi connectivity index (χ4n) is 7.91. The zero-order valence-electron chi connectivity index (χ0n) is 40.9. The minimum absolute atomic E-state index is 0.0747. The molecule has 358 valence electrons. The Kier molecular flexibility index (Phi) is 48.8. The van der Waals surface area contributed by atoms with Gasteiger partial charge in [-0.25, -0.2) is 0 Å². The van der Waals surface area contributed by atoms with Gasteiger partial charge in [-0.1, -0.05) is 251 Å². The van der Waals surface area contributed by atoms with Gasteiger partial charge in [0.2, 0.25) is 0 Å². The van der Waals surface area contributed by atoms with Crippen LogP contribution in [0.3, 0.4) is 0 Å². The minimum Gasteiger partial charge on any atom is -0.462 e. The molecule has 0 rings (SSSR count). The lowest BCUT2D eigenvalue weighted by Gasteiger charge is -2.18. The Hall–Kier alpha value is -2.11. The molecule has 1 unspecified atom stereocenters. The van der Waals surface area contributed by atoms with Crippen molar-refractivity contribution in [2.75, 3.05) is 13.2 Å². The first-order valence-corrected chi connectivity index (χ1v) is 26.9. The van der Waals surface area contributed by atoms with E-state index < -0.39 is 6.10 Å². The maximum Gasteiger partial charge on any atom is 0.306 e. The van der Waals surface area contributed by atoms with Crippen LogP contribution in [0.25, 0.3) is 0 Å². The molecule has 0 N–H and O–H groups in total. The number of unbranched alkanes of at least 4 members (excludes halogenated alkanes) is 35. The van der Waals surface area contributed by atoms with Crippen molar-refractivity contribution >= 4 is 17.9 Å². The monoisotopic (exact) mass is 859 g/mol. The summed E-state index contributed by atoms with van der Waals surface area (Å²) in [7, 11) is 0. The summed E-state index contributed by atoms with van der Waals surface area (Å²) in [6, 6.07) is 0. The Morgan fingerprint density at radius 2 is 0.574 bits per heavy atom. The van der Waals surface area contributed by atoms with Crippen LogP contribution < -0.4 is 0 Å². The van der Waals surface area contributed by atoms with Gasteiger partial charge in [-0.15, -0.1) is 0 Å². The lowest BCUT2D eigenvalue weighted by atomic mass is 10.0. The van der Waals surface area contributed by atoms with E-state index in [9.17, 15) is 14.4 Å². The van der Waals surface area contributed by atoms with Gasteiger partial charge in [0.25, 0.3) is 0 Å². The smallest absolute Gasteiger partial charge is 0.306 e. The standard InChI is InChI=1S/C55H102O6/c1-4-7-10-13-16-19-22-24-26-28-30-33-36-39-42-45-48-54(57)60-51-52(50-59-53(56)47-44-41-38-35-32-21-18-15-12-9-6-3)61-55(58)49-46-43-40-37-34-31-29-27-25-23-20-17-14-11-8-5-2/h26,28,30,33,52H,4-25,27,29,31-32,34-51H2,1-3H3/b28-26-,33-30-. The third-order valence-electron chi connectivity index (χ3n) is 12.0. The van der Waals surface area contributed by atoms with Crippen molar-refractivity contribution in [1.29, 1.82) is 0 Å². The number of carbonyl (C=O) groups is 3. The van der Waals surface area contributed by atoms with E-state index in [-0.39, 0.29) is 31.1 Å². The first kappa shape index (κ1) is 58.9. The molecule has 0 spiro atoms. The molecule has 0 aromatic carbocycles. The summed E-state index contributed by atoms with van der Waals surface area (Å²) in [6.07, 6.45) is 57.3. The van der Waals surface area contributed by atoms with Crippen LogP contribution >= 0.6 is 0 Å². The SMILES string of the molecule is CCCCCCCCC/C=C\C=C/CCCCCC(=O)OCC(COC(=O)CCCCCCCCCCCCC)OC(=O)CCCCCCCCCCCCCCCCCC. The molecule has 0 radical (unpaired) electrons. The predicted molar refractivity (Wildman–Crippen MR) is 261 cm³/mol. The average molecular weight is 859 g/mol. The van der Waals surface area contributed by atoms with E-state index in [1.165, 1.54) is 180 Å². The molecule has 1 atom stereocenters. The number of carbonyl (C=O) groups excluding carboxylic acids is 3. The summed E-state index contributed by atoms with van der Waals surface area (Å²) in [6.45, 7) is 6.64. The normalized spacial score (nSPS) is 12.1. The molecule has 0 saturated heterocycles. The van der Waals surface area contributed by atoms with E-state index in [1.807, 2.05) is 0 Å². The van der Waals surface area contributed by atoms with Gasteiger partial charge >= 0.3 is 17.9 Å². The second kappa shape index (κ2) is 50.5. The molecule has 0 saturated carbocycles. The number of allylic oxidation sites excluding steroid dienone is 4. The lowest BCUT2D eigenvalue weighted by Crippen LogP contribution is -2.30. The molecule has 0 aliphatic rings. The van der Waals surface area contributed by atoms with Crippen LogP contribution in [0.2, 0.25) is 0 Å². The lowest BCUT2D eigenvalue weighted by molar-refractivity contribution is -0.167. The Bertz CT molecular complexity index is 989. The fourth-order valence-corrected chi connectivity index (χ4v) is 7.91. The third kappa shape index (κ3) is 48.8. The van der Waals surface area contributed by atoms with Gasteiger partial charge < -0.3 is 14.2 Å². The molecule has 0 bridgehead atoms. The molecule has 0 aliphatic heterocycles. The number of ether oxygens (including phenoxy) is 3. The molecule has 0 aliphatic carbocycles. The molecule has 0 aromatic rings. The van der Waals surface area contributed by atoms with Crippen LogP contribution in [0, 0.1) is 0 Å². The topological polar surface area (TPSA) is 78.9 Å². The number of esters is 3. The molecular weight excluding hydrogens is 757 g/mol. The van der Waals surface area contributed by atoms with Gasteiger partial charge in [0, 0.05) is 19.3 Å². The summed E-state index contributed by atoms with van der Waals surface area (Å²) < 4.78 is 16.8. The van der Waals surface area contributed by atoms with Gasteiger partial charge in [0.15, 0.2) is 6.10 Å². The minimum atomic E-state index is -0.775. The summed E-state index contributed by atoms with van der Waals surface area (Å²) in [5, 5.41) is 0. The Morgan fingerprint density at radius 1 is 0.328 bits per heavy atom. The quantitative estimate of drug-likeness (QED) is 0.0262. The summed E-state index contributed by atoms with van der Waals surface area (Å²) in [5.41, 5.74) is 0. The molecule has 0 amide bonds. The zero-order chi connectivity index (χ0) is 44.4. The van der Waals surface area contributed by atoms with E-state index in [4.69, 9.17) is 14.2 Å². The van der Waals surface area contributed by atoms with Gasteiger partial charge in [0.05, 0.1) is 0 Å². The average Bonchev–Trinajstić information content (AvgIpc) is 3.26. The van der Waals surface area contributed by atoms with E-state index in [0.29, 0.717) is 19.3 Å². The first-order chi connectivity index (χ1) is 30.0. The predicted octanol–water partition coefficient (Wildman–Crippen LogP) is 17.5. The van der Waals surface area contributed by atoms with E-state index in [0.717, 1.165) is 70.6 Å². The zero-order valence-corrected chi connectivity index (χ0v) is 40.9. The van der Waals surface area contributed by atoms with Gasteiger partial charge in [-0.2, -0.15) is 0 Å². The Labute approximate surface area is 379 Å². The first-order valence-electron chi connectivity index (χ1n) is 26.9. The van der Waals surface area contributed by atoms with Crippen molar-refractivity contribution in [2.45, 2.75) is 297 Å². The van der Waals surface area contributed by atoms with Gasteiger partial charge in [-0.05, 0) is 44.9 Å². The van der Waals surface area contributed by atoms with Crippen molar-refractivity contribution in [2.24, 2.45) is 0 Å². The number of hydrogen-bond acceptors (Lipinski definition) is 6. The van der Waals surface area contributed by atoms with E-state index in [1.54, 1.807) is 0 Å². The molecule has 61 heavy (non-hydrogen) atoms. The summed E-state index contributed by atoms with van der Waals surface area (Å²) in [5.74, 6) is -0.887. The fraction of sp³-hybridized carbons (Fsp3) is 0.873. The molecule has 6 nitrogen and oxygen atoms in total.